The molecule has 0 unspecified atom stereocenters. The summed E-state index contributed by atoms with van der Waals surface area (Å²) in [5, 5.41) is 9.17. The number of hydrogen-bond donors (Lipinski definition) is 1. The molecule has 120 valence electrons. The molecule has 1 saturated carbocycles. The maximum absolute atomic E-state index is 12.2. The third-order valence-electron chi connectivity index (χ3n) is 4.10. The van der Waals surface area contributed by atoms with Crippen LogP contribution in [0.1, 0.15) is 50.0 Å². The van der Waals surface area contributed by atoms with E-state index in [4.69, 9.17) is 16.9 Å². The van der Waals surface area contributed by atoms with E-state index in [2.05, 4.69) is 4.72 Å². The van der Waals surface area contributed by atoms with Crippen LogP contribution < -0.4 is 4.72 Å². The van der Waals surface area contributed by atoms with Gasteiger partial charge >= 0.3 is 0 Å². The molecule has 1 aliphatic rings. The molecule has 0 radical (unpaired) electrons. The Kier molecular flexibility index (Phi) is 6.25. The molecule has 4 nitrogen and oxygen atoms in total. The zero-order valence-corrected chi connectivity index (χ0v) is 14.0. The molecule has 1 fully saturated rings. The van der Waals surface area contributed by atoms with Gasteiger partial charge in [0.2, 0.25) is 10.0 Å². The summed E-state index contributed by atoms with van der Waals surface area (Å²) in [6.45, 7) is 0. The normalized spacial score (nSPS) is 21.6. The van der Waals surface area contributed by atoms with Crippen LogP contribution in [0.5, 0.6) is 0 Å². The standard InChI is InChI=1S/C16H21ClN2O2S/c17-14-9-7-13(8-10-14)15-5-4-6-16(15)19-22(20,21)12-3-1-2-11-18/h7-10,15-16,19H,1-6,12H2/t15-,16-/m1/s1. The minimum Gasteiger partial charge on any atom is -0.212 e. The Hall–Kier alpha value is -1.09. The quantitative estimate of drug-likeness (QED) is 0.771. The fraction of sp³-hybridized carbons (Fsp3) is 0.562. The van der Waals surface area contributed by atoms with Gasteiger partial charge in [0.1, 0.15) is 0 Å². The number of unbranched alkanes of at least 4 members (excludes halogenated alkanes) is 2. The van der Waals surface area contributed by atoms with Crippen molar-refractivity contribution in [1.29, 1.82) is 5.26 Å². The van der Waals surface area contributed by atoms with Gasteiger partial charge in [-0.25, -0.2) is 13.1 Å². The van der Waals surface area contributed by atoms with Gasteiger partial charge in [-0.2, -0.15) is 5.26 Å². The lowest BCUT2D eigenvalue weighted by Crippen LogP contribution is -2.37. The first-order valence-electron chi connectivity index (χ1n) is 7.64. The lowest BCUT2D eigenvalue weighted by molar-refractivity contribution is 0.523. The first-order valence-corrected chi connectivity index (χ1v) is 9.67. The topological polar surface area (TPSA) is 70.0 Å². The van der Waals surface area contributed by atoms with E-state index < -0.39 is 10.0 Å². The van der Waals surface area contributed by atoms with Crippen LogP contribution in [-0.2, 0) is 10.0 Å². The van der Waals surface area contributed by atoms with Crippen LogP contribution in [0.3, 0.4) is 0 Å². The second-order valence-electron chi connectivity index (χ2n) is 5.75. The highest BCUT2D eigenvalue weighted by Gasteiger charge is 2.31. The van der Waals surface area contributed by atoms with E-state index in [1.165, 1.54) is 0 Å². The molecule has 0 aliphatic heterocycles. The Morgan fingerprint density at radius 1 is 1.23 bits per heavy atom. The Balaban J connectivity index is 1.96. The predicted octanol–water partition coefficient (Wildman–Crippen LogP) is 3.59. The molecular formula is C16H21ClN2O2S. The van der Waals surface area contributed by atoms with Crippen LogP contribution >= 0.6 is 11.6 Å². The van der Waals surface area contributed by atoms with Crippen molar-refractivity contribution in [2.45, 2.75) is 50.5 Å². The number of sulfonamides is 1. The van der Waals surface area contributed by atoms with Crippen LogP contribution in [0.15, 0.2) is 24.3 Å². The maximum Gasteiger partial charge on any atom is 0.211 e. The first-order chi connectivity index (χ1) is 10.5. The summed E-state index contributed by atoms with van der Waals surface area (Å²) in [6, 6.07) is 9.65. The van der Waals surface area contributed by atoms with Crippen molar-refractivity contribution in [3.8, 4) is 6.07 Å². The fourth-order valence-corrected chi connectivity index (χ4v) is 4.57. The summed E-state index contributed by atoms with van der Waals surface area (Å²) in [6.07, 6.45) is 4.44. The summed E-state index contributed by atoms with van der Waals surface area (Å²) in [5.74, 6) is 0.310. The number of benzene rings is 1. The number of nitrogens with zero attached hydrogens (tertiary/aromatic N) is 1. The largest absolute Gasteiger partial charge is 0.212 e. The van der Waals surface area contributed by atoms with E-state index in [1.807, 2.05) is 30.3 Å². The van der Waals surface area contributed by atoms with Crippen LogP contribution in [0, 0.1) is 11.3 Å². The van der Waals surface area contributed by atoms with Crippen molar-refractivity contribution in [3.05, 3.63) is 34.9 Å². The van der Waals surface area contributed by atoms with E-state index in [-0.39, 0.29) is 17.7 Å². The second kappa shape index (κ2) is 7.96. The van der Waals surface area contributed by atoms with Gasteiger partial charge in [0.05, 0.1) is 11.8 Å². The van der Waals surface area contributed by atoms with Crippen LogP contribution in [-0.4, -0.2) is 20.2 Å². The summed E-state index contributed by atoms with van der Waals surface area (Å²) < 4.78 is 27.2. The molecule has 2 atom stereocenters. The molecule has 1 aromatic rings. The number of halogens is 1. The van der Waals surface area contributed by atoms with Crippen LogP contribution in [0.4, 0.5) is 0 Å². The number of nitriles is 1. The van der Waals surface area contributed by atoms with Gasteiger partial charge < -0.3 is 0 Å². The second-order valence-corrected chi connectivity index (χ2v) is 8.06. The summed E-state index contributed by atoms with van der Waals surface area (Å²) in [4.78, 5) is 0. The molecule has 1 aliphatic carbocycles. The van der Waals surface area contributed by atoms with E-state index in [0.29, 0.717) is 24.3 Å². The van der Waals surface area contributed by atoms with Crippen molar-refractivity contribution in [2.75, 3.05) is 5.75 Å². The third-order valence-corrected chi connectivity index (χ3v) is 5.84. The Labute approximate surface area is 137 Å². The molecule has 0 saturated heterocycles. The average Bonchev–Trinajstić information content (AvgIpc) is 2.92. The minimum absolute atomic E-state index is 0.0397. The smallest absolute Gasteiger partial charge is 0.211 e. The van der Waals surface area contributed by atoms with Gasteiger partial charge in [0.15, 0.2) is 0 Å². The number of hydrogen-bond acceptors (Lipinski definition) is 3. The highest BCUT2D eigenvalue weighted by atomic mass is 35.5. The molecule has 2 rings (SSSR count). The molecule has 1 aromatic carbocycles. The van der Waals surface area contributed by atoms with Gasteiger partial charge in [0.25, 0.3) is 0 Å². The SMILES string of the molecule is N#CCCCCS(=O)(=O)N[C@@H]1CCC[C@@H]1c1ccc(Cl)cc1. The predicted molar refractivity (Wildman–Crippen MR) is 88.2 cm³/mol. The first kappa shape index (κ1) is 17.3. The van der Waals surface area contributed by atoms with E-state index >= 15 is 0 Å². The van der Waals surface area contributed by atoms with Gasteiger partial charge in [-0.15, -0.1) is 0 Å². The van der Waals surface area contributed by atoms with E-state index in [0.717, 1.165) is 24.8 Å². The third kappa shape index (κ3) is 4.98. The maximum atomic E-state index is 12.2. The molecule has 0 bridgehead atoms. The Bertz CT molecular complexity index is 623. The number of nitrogens with one attached hydrogen (secondary N) is 1. The lowest BCUT2D eigenvalue weighted by Gasteiger charge is -2.21. The van der Waals surface area contributed by atoms with Crippen LogP contribution in [0.25, 0.3) is 0 Å². The molecule has 0 heterocycles. The number of rotatable bonds is 7. The van der Waals surface area contributed by atoms with Crippen molar-refractivity contribution in [3.63, 3.8) is 0 Å². The lowest BCUT2D eigenvalue weighted by atomic mass is 9.95. The summed E-state index contributed by atoms with van der Waals surface area (Å²) >= 11 is 5.91. The van der Waals surface area contributed by atoms with Crippen molar-refractivity contribution in [1.82, 2.24) is 4.72 Å². The molecule has 22 heavy (non-hydrogen) atoms. The van der Waals surface area contributed by atoms with Gasteiger partial charge in [-0.1, -0.05) is 30.2 Å². The van der Waals surface area contributed by atoms with Crippen molar-refractivity contribution in [2.24, 2.45) is 0 Å². The Morgan fingerprint density at radius 3 is 2.64 bits per heavy atom. The highest BCUT2D eigenvalue weighted by molar-refractivity contribution is 7.89. The van der Waals surface area contributed by atoms with Crippen molar-refractivity contribution < 1.29 is 8.42 Å². The fourth-order valence-electron chi connectivity index (χ4n) is 3.00. The van der Waals surface area contributed by atoms with Gasteiger partial charge in [0, 0.05) is 23.4 Å². The molecule has 0 amide bonds. The monoisotopic (exact) mass is 340 g/mol. The molecule has 0 spiro atoms. The summed E-state index contributed by atoms with van der Waals surface area (Å²) in [5.41, 5.74) is 1.14. The summed E-state index contributed by atoms with van der Waals surface area (Å²) in [7, 11) is -3.28. The molecular weight excluding hydrogens is 320 g/mol. The van der Waals surface area contributed by atoms with Crippen LogP contribution in [0.2, 0.25) is 5.02 Å². The average molecular weight is 341 g/mol. The van der Waals surface area contributed by atoms with E-state index in [1.54, 1.807) is 0 Å². The molecule has 1 N–H and O–H groups in total. The Morgan fingerprint density at radius 2 is 1.95 bits per heavy atom. The van der Waals surface area contributed by atoms with Crippen molar-refractivity contribution >= 4 is 21.6 Å². The highest BCUT2D eigenvalue weighted by Crippen LogP contribution is 2.35. The zero-order chi connectivity index (χ0) is 16.0. The molecule has 0 aromatic heterocycles. The van der Waals surface area contributed by atoms with E-state index in [9.17, 15) is 8.42 Å². The van der Waals surface area contributed by atoms with Gasteiger partial charge in [-0.3, -0.25) is 0 Å². The zero-order valence-electron chi connectivity index (χ0n) is 12.5. The molecule has 6 heteroatoms. The van der Waals surface area contributed by atoms with Gasteiger partial charge in [-0.05, 0) is 43.4 Å². The minimum atomic E-state index is -3.28.